The van der Waals surface area contributed by atoms with Crippen LogP contribution in [0.4, 0.5) is 0 Å². The van der Waals surface area contributed by atoms with Gasteiger partial charge in [-0.1, -0.05) is 6.42 Å². The third kappa shape index (κ3) is 3.46. The van der Waals surface area contributed by atoms with E-state index >= 15 is 0 Å². The predicted molar refractivity (Wildman–Crippen MR) is 74.3 cm³/mol. The fraction of sp³-hybridized carbons (Fsp3) is 0.933. The number of nitrogens with one attached hydrogen (secondary N) is 1. The molecule has 1 aliphatic heterocycles. The summed E-state index contributed by atoms with van der Waals surface area (Å²) < 4.78 is 0. The standard InChI is InChI=1S/C15H27N3/c1-12-5-4-6-13(2)18(12)10-9-15(3,11-16)17-14-7-8-14/h12-14,17H,4-10H2,1-3H3. The Balaban J connectivity index is 1.86. The van der Waals surface area contributed by atoms with E-state index in [2.05, 4.69) is 37.1 Å². The molecule has 2 aliphatic rings. The highest BCUT2D eigenvalue weighted by Crippen LogP contribution is 2.26. The zero-order chi connectivity index (χ0) is 13.2. The third-order valence-corrected chi connectivity index (χ3v) is 4.59. The lowest BCUT2D eigenvalue weighted by atomic mass is 9.94. The van der Waals surface area contributed by atoms with Crippen molar-refractivity contribution in [3.8, 4) is 6.07 Å². The Morgan fingerprint density at radius 3 is 2.33 bits per heavy atom. The van der Waals surface area contributed by atoms with Crippen molar-refractivity contribution in [2.45, 2.75) is 83.0 Å². The molecule has 1 aliphatic carbocycles. The van der Waals surface area contributed by atoms with Crippen LogP contribution in [-0.4, -0.2) is 35.1 Å². The zero-order valence-electron chi connectivity index (χ0n) is 12.1. The maximum atomic E-state index is 9.39. The first-order valence-electron chi connectivity index (χ1n) is 7.49. The minimum absolute atomic E-state index is 0.335. The van der Waals surface area contributed by atoms with Gasteiger partial charge in [0.1, 0.15) is 5.54 Å². The molecule has 2 rings (SSSR count). The van der Waals surface area contributed by atoms with Gasteiger partial charge >= 0.3 is 0 Å². The van der Waals surface area contributed by atoms with Crippen LogP contribution in [0, 0.1) is 11.3 Å². The fourth-order valence-corrected chi connectivity index (χ4v) is 3.11. The molecule has 0 amide bonds. The van der Waals surface area contributed by atoms with E-state index in [0.717, 1.165) is 13.0 Å². The highest BCUT2D eigenvalue weighted by Gasteiger charge is 2.34. The molecule has 0 radical (unpaired) electrons. The normalized spacial score (nSPS) is 32.8. The quantitative estimate of drug-likeness (QED) is 0.814. The first-order chi connectivity index (χ1) is 8.54. The maximum Gasteiger partial charge on any atom is 0.105 e. The second-order valence-electron chi connectivity index (χ2n) is 6.48. The number of hydrogen-bond donors (Lipinski definition) is 1. The Hall–Kier alpha value is -0.590. The van der Waals surface area contributed by atoms with Crippen molar-refractivity contribution in [1.82, 2.24) is 10.2 Å². The van der Waals surface area contributed by atoms with Crippen molar-refractivity contribution in [3.05, 3.63) is 0 Å². The molecule has 0 aromatic rings. The van der Waals surface area contributed by atoms with Gasteiger partial charge in [-0.15, -0.1) is 0 Å². The Kier molecular flexibility index (Phi) is 4.29. The SMILES string of the molecule is CC1CCCC(C)N1CCC(C)(C#N)NC1CC1. The molecule has 0 bridgehead atoms. The van der Waals surface area contributed by atoms with E-state index in [0.29, 0.717) is 18.1 Å². The van der Waals surface area contributed by atoms with E-state index in [1.54, 1.807) is 0 Å². The highest BCUT2D eigenvalue weighted by atomic mass is 15.2. The molecule has 3 unspecified atom stereocenters. The Bertz CT molecular complexity index is 308. The van der Waals surface area contributed by atoms with E-state index in [9.17, 15) is 5.26 Å². The van der Waals surface area contributed by atoms with Crippen molar-refractivity contribution in [1.29, 1.82) is 5.26 Å². The summed E-state index contributed by atoms with van der Waals surface area (Å²) in [5, 5.41) is 12.9. The average Bonchev–Trinajstić information content (AvgIpc) is 3.12. The zero-order valence-corrected chi connectivity index (χ0v) is 12.1. The largest absolute Gasteiger partial charge is 0.298 e. The molecule has 102 valence electrons. The molecule has 0 aromatic carbocycles. The summed E-state index contributed by atoms with van der Waals surface area (Å²) in [5.41, 5.74) is -0.335. The molecule has 1 N–H and O–H groups in total. The maximum absolute atomic E-state index is 9.39. The molecule has 0 spiro atoms. The van der Waals surface area contributed by atoms with Crippen LogP contribution in [0.5, 0.6) is 0 Å². The number of likely N-dealkylation sites (tertiary alicyclic amines) is 1. The van der Waals surface area contributed by atoms with Crippen molar-refractivity contribution in [3.63, 3.8) is 0 Å². The summed E-state index contributed by atoms with van der Waals surface area (Å²) in [7, 11) is 0. The molecular weight excluding hydrogens is 222 g/mol. The molecule has 1 saturated carbocycles. The lowest BCUT2D eigenvalue weighted by Gasteiger charge is -2.40. The monoisotopic (exact) mass is 249 g/mol. The molecular formula is C15H27N3. The Morgan fingerprint density at radius 1 is 1.22 bits per heavy atom. The van der Waals surface area contributed by atoms with Gasteiger partial charge in [-0.2, -0.15) is 5.26 Å². The summed E-state index contributed by atoms with van der Waals surface area (Å²) in [6.07, 6.45) is 7.40. The fourth-order valence-electron chi connectivity index (χ4n) is 3.11. The third-order valence-electron chi connectivity index (χ3n) is 4.59. The summed E-state index contributed by atoms with van der Waals surface area (Å²) >= 11 is 0. The van der Waals surface area contributed by atoms with Gasteiger partial charge in [0.15, 0.2) is 0 Å². The average molecular weight is 249 g/mol. The summed E-state index contributed by atoms with van der Waals surface area (Å²) in [4.78, 5) is 2.59. The second kappa shape index (κ2) is 5.59. The summed E-state index contributed by atoms with van der Waals surface area (Å²) in [5.74, 6) is 0. The van der Waals surface area contributed by atoms with E-state index in [4.69, 9.17) is 0 Å². The van der Waals surface area contributed by atoms with E-state index in [-0.39, 0.29) is 5.54 Å². The molecule has 18 heavy (non-hydrogen) atoms. The van der Waals surface area contributed by atoms with Crippen LogP contribution in [0.3, 0.4) is 0 Å². The van der Waals surface area contributed by atoms with Crippen molar-refractivity contribution in [2.24, 2.45) is 0 Å². The lowest BCUT2D eigenvalue weighted by molar-refractivity contribution is 0.0949. The summed E-state index contributed by atoms with van der Waals surface area (Å²) in [6, 6.07) is 4.44. The molecule has 2 fully saturated rings. The highest BCUT2D eigenvalue weighted by molar-refractivity contribution is 5.07. The number of hydrogen-bond acceptors (Lipinski definition) is 3. The van der Waals surface area contributed by atoms with Gasteiger partial charge in [-0.25, -0.2) is 0 Å². The van der Waals surface area contributed by atoms with Crippen LogP contribution in [0.2, 0.25) is 0 Å². The molecule has 3 heteroatoms. The van der Waals surface area contributed by atoms with Gasteiger partial charge in [-0.3, -0.25) is 10.2 Å². The minimum atomic E-state index is -0.335. The smallest absolute Gasteiger partial charge is 0.105 e. The van der Waals surface area contributed by atoms with Gasteiger partial charge < -0.3 is 0 Å². The Morgan fingerprint density at radius 2 is 1.83 bits per heavy atom. The van der Waals surface area contributed by atoms with Crippen LogP contribution in [-0.2, 0) is 0 Å². The molecule has 3 nitrogen and oxygen atoms in total. The van der Waals surface area contributed by atoms with Crippen molar-refractivity contribution in [2.75, 3.05) is 6.54 Å². The Labute approximate surface area is 112 Å². The summed E-state index contributed by atoms with van der Waals surface area (Å²) in [6.45, 7) is 7.76. The number of nitrogens with zero attached hydrogens (tertiary/aromatic N) is 2. The van der Waals surface area contributed by atoms with Gasteiger partial charge in [0.2, 0.25) is 0 Å². The van der Waals surface area contributed by atoms with E-state index in [1.165, 1.54) is 32.1 Å². The molecule has 0 aromatic heterocycles. The first kappa shape index (κ1) is 13.8. The van der Waals surface area contributed by atoms with Gasteiger partial charge in [0.05, 0.1) is 6.07 Å². The topological polar surface area (TPSA) is 39.1 Å². The predicted octanol–water partition coefficient (Wildman–Crippen LogP) is 2.67. The van der Waals surface area contributed by atoms with Crippen LogP contribution < -0.4 is 5.32 Å². The van der Waals surface area contributed by atoms with Crippen LogP contribution in [0.25, 0.3) is 0 Å². The van der Waals surface area contributed by atoms with E-state index < -0.39 is 0 Å². The van der Waals surface area contributed by atoms with Crippen LogP contribution in [0.15, 0.2) is 0 Å². The molecule has 1 heterocycles. The molecule has 1 saturated heterocycles. The van der Waals surface area contributed by atoms with Gasteiger partial charge in [0, 0.05) is 24.7 Å². The second-order valence-corrected chi connectivity index (χ2v) is 6.48. The minimum Gasteiger partial charge on any atom is -0.298 e. The lowest BCUT2D eigenvalue weighted by Crippen LogP contribution is -2.49. The number of piperidine rings is 1. The van der Waals surface area contributed by atoms with Gasteiger partial charge in [0.25, 0.3) is 0 Å². The van der Waals surface area contributed by atoms with Gasteiger partial charge in [-0.05, 0) is 52.9 Å². The van der Waals surface area contributed by atoms with Crippen molar-refractivity contribution < 1.29 is 0 Å². The van der Waals surface area contributed by atoms with Crippen LogP contribution >= 0.6 is 0 Å². The van der Waals surface area contributed by atoms with E-state index in [1.807, 2.05) is 0 Å². The molecule has 3 atom stereocenters. The van der Waals surface area contributed by atoms with Crippen LogP contribution in [0.1, 0.15) is 59.3 Å². The van der Waals surface area contributed by atoms with Crippen molar-refractivity contribution >= 4 is 0 Å². The number of rotatable bonds is 5. The first-order valence-corrected chi connectivity index (χ1v) is 7.49. The number of nitriles is 1.